The van der Waals surface area contributed by atoms with Crippen molar-refractivity contribution in [2.24, 2.45) is 0 Å². The monoisotopic (exact) mass is 223 g/mol. The van der Waals surface area contributed by atoms with Gasteiger partial charge in [0.2, 0.25) is 0 Å². The Morgan fingerprint density at radius 3 is 2.87 bits per heavy atom. The van der Waals surface area contributed by atoms with E-state index >= 15 is 0 Å². The molecule has 1 atom stereocenters. The van der Waals surface area contributed by atoms with Crippen LogP contribution in [0.4, 0.5) is 0 Å². The maximum atomic E-state index is 9.91. The molecule has 2 N–H and O–H groups in total. The molecule has 1 saturated heterocycles. The fraction of sp³-hybridized carbons (Fsp3) is 0.500. The molecule has 2 nitrogen and oxygen atoms in total. The van der Waals surface area contributed by atoms with Crippen LogP contribution in [0.2, 0.25) is 0 Å². The fourth-order valence-electron chi connectivity index (χ4n) is 2.21. The van der Waals surface area contributed by atoms with Crippen LogP contribution < -0.4 is 5.32 Å². The molecule has 0 saturated carbocycles. The van der Waals surface area contributed by atoms with Gasteiger partial charge in [0.1, 0.15) is 5.75 Å². The van der Waals surface area contributed by atoms with Gasteiger partial charge in [-0.1, -0.05) is 0 Å². The standard InChI is InChI=1S/C12H17NOS/c1-12(6-3-7-13-12)10-8-9(15-2)4-5-11(10)14/h4-5,8,13-14H,3,6-7H2,1-2H3. The number of benzene rings is 1. The summed E-state index contributed by atoms with van der Waals surface area (Å²) in [6, 6.07) is 5.85. The maximum Gasteiger partial charge on any atom is 0.120 e. The Bertz CT molecular complexity index is 359. The van der Waals surface area contributed by atoms with Crippen molar-refractivity contribution in [1.29, 1.82) is 0 Å². The Hall–Kier alpha value is -0.670. The molecule has 1 aromatic carbocycles. The van der Waals surface area contributed by atoms with Gasteiger partial charge < -0.3 is 10.4 Å². The van der Waals surface area contributed by atoms with E-state index in [-0.39, 0.29) is 5.54 Å². The SMILES string of the molecule is CSc1ccc(O)c(C2(C)CCCN2)c1. The Morgan fingerprint density at radius 2 is 2.27 bits per heavy atom. The first-order valence-corrected chi connectivity index (χ1v) is 6.51. The molecule has 0 bridgehead atoms. The summed E-state index contributed by atoms with van der Waals surface area (Å²) < 4.78 is 0. The number of hydrogen-bond donors (Lipinski definition) is 2. The van der Waals surface area contributed by atoms with Gasteiger partial charge in [0.25, 0.3) is 0 Å². The predicted octanol–water partition coefficient (Wildman–Crippen LogP) is 2.71. The molecule has 82 valence electrons. The minimum absolute atomic E-state index is 0.0458. The van der Waals surface area contributed by atoms with Crippen LogP contribution in [0.25, 0.3) is 0 Å². The average molecular weight is 223 g/mol. The third-order valence-electron chi connectivity index (χ3n) is 3.17. The van der Waals surface area contributed by atoms with Gasteiger partial charge in [0, 0.05) is 16.0 Å². The number of rotatable bonds is 2. The van der Waals surface area contributed by atoms with Gasteiger partial charge in [0.05, 0.1) is 0 Å². The minimum Gasteiger partial charge on any atom is -0.508 e. The van der Waals surface area contributed by atoms with Gasteiger partial charge >= 0.3 is 0 Å². The molecule has 1 unspecified atom stereocenters. The van der Waals surface area contributed by atoms with Gasteiger partial charge in [-0.15, -0.1) is 11.8 Å². The van der Waals surface area contributed by atoms with Crippen LogP contribution in [0, 0.1) is 0 Å². The number of phenolic OH excluding ortho intramolecular Hbond substituents is 1. The Kier molecular flexibility index (Phi) is 2.94. The highest BCUT2D eigenvalue weighted by atomic mass is 32.2. The summed E-state index contributed by atoms with van der Waals surface area (Å²) in [5, 5.41) is 13.4. The molecule has 15 heavy (non-hydrogen) atoms. The Morgan fingerprint density at radius 1 is 1.47 bits per heavy atom. The molecule has 0 aromatic heterocycles. The van der Waals surface area contributed by atoms with E-state index in [0.717, 1.165) is 18.5 Å². The van der Waals surface area contributed by atoms with Crippen molar-refractivity contribution in [3.05, 3.63) is 23.8 Å². The highest BCUT2D eigenvalue weighted by molar-refractivity contribution is 7.98. The van der Waals surface area contributed by atoms with Crippen LogP contribution in [0.1, 0.15) is 25.3 Å². The second-order valence-electron chi connectivity index (χ2n) is 4.25. The third-order valence-corrected chi connectivity index (χ3v) is 3.89. The van der Waals surface area contributed by atoms with Crippen LogP contribution in [0.5, 0.6) is 5.75 Å². The lowest BCUT2D eigenvalue weighted by molar-refractivity contribution is 0.393. The normalized spacial score (nSPS) is 25.7. The quantitative estimate of drug-likeness (QED) is 0.756. The highest BCUT2D eigenvalue weighted by Gasteiger charge is 2.32. The lowest BCUT2D eigenvalue weighted by Crippen LogP contribution is -2.33. The molecule has 1 heterocycles. The van der Waals surface area contributed by atoms with Crippen molar-refractivity contribution in [3.8, 4) is 5.75 Å². The first-order valence-electron chi connectivity index (χ1n) is 5.28. The summed E-state index contributed by atoms with van der Waals surface area (Å²) in [7, 11) is 0. The van der Waals surface area contributed by atoms with Crippen molar-refractivity contribution in [3.63, 3.8) is 0 Å². The first-order chi connectivity index (χ1) is 7.15. The lowest BCUT2D eigenvalue weighted by atomic mass is 9.90. The highest BCUT2D eigenvalue weighted by Crippen LogP contribution is 2.37. The van der Waals surface area contributed by atoms with Crippen molar-refractivity contribution >= 4 is 11.8 Å². The molecule has 1 aliphatic rings. The zero-order chi connectivity index (χ0) is 10.9. The smallest absolute Gasteiger partial charge is 0.120 e. The minimum atomic E-state index is -0.0458. The fourth-order valence-corrected chi connectivity index (χ4v) is 2.65. The van der Waals surface area contributed by atoms with Crippen LogP contribution in [0.15, 0.2) is 23.1 Å². The van der Waals surface area contributed by atoms with E-state index in [1.54, 1.807) is 17.8 Å². The summed E-state index contributed by atoms with van der Waals surface area (Å²) in [5.41, 5.74) is 0.988. The first kappa shape index (κ1) is 10.8. The molecule has 2 rings (SSSR count). The number of thioether (sulfide) groups is 1. The molecular formula is C12H17NOS. The van der Waals surface area contributed by atoms with Crippen LogP contribution in [-0.4, -0.2) is 17.9 Å². The molecule has 0 spiro atoms. The van der Waals surface area contributed by atoms with E-state index in [2.05, 4.69) is 24.6 Å². The van der Waals surface area contributed by atoms with Gasteiger partial charge in [0.15, 0.2) is 0 Å². The number of nitrogens with one attached hydrogen (secondary N) is 1. The van der Waals surface area contributed by atoms with E-state index < -0.39 is 0 Å². The molecule has 1 aliphatic heterocycles. The number of aromatic hydroxyl groups is 1. The lowest BCUT2D eigenvalue weighted by Gasteiger charge is -2.26. The molecule has 1 aromatic rings. The molecular weight excluding hydrogens is 206 g/mol. The summed E-state index contributed by atoms with van der Waals surface area (Å²) in [6.45, 7) is 3.21. The zero-order valence-electron chi connectivity index (χ0n) is 9.21. The van der Waals surface area contributed by atoms with Gasteiger partial charge in [-0.3, -0.25) is 0 Å². The topological polar surface area (TPSA) is 32.3 Å². The van der Waals surface area contributed by atoms with E-state index in [1.807, 2.05) is 6.07 Å². The summed E-state index contributed by atoms with van der Waals surface area (Å²) >= 11 is 1.71. The average Bonchev–Trinajstić information content (AvgIpc) is 2.67. The third kappa shape index (κ3) is 1.99. The summed E-state index contributed by atoms with van der Waals surface area (Å²) in [5.74, 6) is 0.407. The van der Waals surface area contributed by atoms with E-state index in [0.29, 0.717) is 5.75 Å². The van der Waals surface area contributed by atoms with Crippen molar-refractivity contribution in [2.45, 2.75) is 30.2 Å². The Labute approximate surface area is 95.1 Å². The predicted molar refractivity (Wildman–Crippen MR) is 64.5 cm³/mol. The van der Waals surface area contributed by atoms with Crippen molar-refractivity contribution in [1.82, 2.24) is 5.32 Å². The van der Waals surface area contributed by atoms with Crippen LogP contribution in [0.3, 0.4) is 0 Å². The molecule has 3 heteroatoms. The number of hydrogen-bond acceptors (Lipinski definition) is 3. The van der Waals surface area contributed by atoms with E-state index in [4.69, 9.17) is 0 Å². The second kappa shape index (κ2) is 4.06. The van der Waals surface area contributed by atoms with Crippen LogP contribution >= 0.6 is 11.8 Å². The number of phenols is 1. The van der Waals surface area contributed by atoms with Crippen molar-refractivity contribution in [2.75, 3.05) is 12.8 Å². The second-order valence-corrected chi connectivity index (χ2v) is 5.13. The van der Waals surface area contributed by atoms with Gasteiger partial charge in [-0.2, -0.15) is 0 Å². The van der Waals surface area contributed by atoms with E-state index in [9.17, 15) is 5.11 Å². The summed E-state index contributed by atoms with van der Waals surface area (Å²) in [4.78, 5) is 1.21. The maximum absolute atomic E-state index is 9.91. The molecule has 0 radical (unpaired) electrons. The molecule has 0 aliphatic carbocycles. The van der Waals surface area contributed by atoms with E-state index in [1.165, 1.54) is 11.3 Å². The van der Waals surface area contributed by atoms with Crippen LogP contribution in [-0.2, 0) is 5.54 Å². The largest absolute Gasteiger partial charge is 0.508 e. The summed E-state index contributed by atoms with van der Waals surface area (Å²) in [6.07, 6.45) is 4.33. The van der Waals surface area contributed by atoms with Gasteiger partial charge in [-0.05, 0) is 50.8 Å². The van der Waals surface area contributed by atoms with Gasteiger partial charge in [-0.25, -0.2) is 0 Å². The zero-order valence-corrected chi connectivity index (χ0v) is 10.0. The molecule has 1 fully saturated rings. The van der Waals surface area contributed by atoms with Crippen molar-refractivity contribution < 1.29 is 5.11 Å². The Balaban J connectivity index is 2.41. The molecule has 0 amide bonds.